The van der Waals surface area contributed by atoms with E-state index in [2.05, 4.69) is 13.0 Å². The van der Waals surface area contributed by atoms with E-state index >= 15 is 0 Å². The van der Waals surface area contributed by atoms with E-state index in [4.69, 9.17) is 14.7 Å². The number of aryl methyl sites for hydroxylation is 1. The maximum absolute atomic E-state index is 8.96. The molecule has 4 heteroatoms. The minimum absolute atomic E-state index is 0.564. The second kappa shape index (κ2) is 5.28. The molecule has 0 radical (unpaired) electrons. The topological polar surface area (TPSA) is 49.7 Å². The summed E-state index contributed by atoms with van der Waals surface area (Å²) in [7, 11) is -1.73. The average molecular weight is 300 g/mol. The first-order valence-electron chi connectivity index (χ1n) is 8.72. The van der Waals surface area contributed by atoms with Crippen LogP contribution in [0, 0.1) is 17.3 Å². The molecule has 4 rings (SSSR count). The molecule has 0 spiro atoms. The molecule has 0 heterocycles. The van der Waals surface area contributed by atoms with Crippen LogP contribution in [0.15, 0.2) is 18.2 Å². The molecule has 2 fully saturated rings. The van der Waals surface area contributed by atoms with Gasteiger partial charge < -0.3 is 14.7 Å². The average Bonchev–Trinajstić information content (AvgIpc) is 2.88. The third kappa shape index (κ3) is 2.28. The van der Waals surface area contributed by atoms with Gasteiger partial charge >= 0.3 is 7.32 Å². The first-order chi connectivity index (χ1) is 10.6. The van der Waals surface area contributed by atoms with E-state index < -0.39 is 7.32 Å². The lowest BCUT2D eigenvalue weighted by molar-refractivity contribution is 0.0598. The summed E-state index contributed by atoms with van der Waals surface area (Å²) in [4.78, 5) is 0. The van der Waals surface area contributed by atoms with E-state index in [0.29, 0.717) is 17.1 Å². The fraction of sp³-hybridized carbons (Fsp3) is 0.667. The second-order valence-electron chi connectivity index (χ2n) is 7.81. The molecule has 1 aromatic carbocycles. The van der Waals surface area contributed by atoms with E-state index in [1.807, 2.05) is 12.1 Å². The summed E-state index contributed by atoms with van der Waals surface area (Å²) in [5.41, 5.74) is 3.44. The number of hydrogen-bond donors (Lipinski definition) is 2. The van der Waals surface area contributed by atoms with Crippen molar-refractivity contribution in [1.29, 1.82) is 0 Å². The van der Waals surface area contributed by atoms with Crippen molar-refractivity contribution in [2.75, 3.05) is 0 Å². The van der Waals surface area contributed by atoms with Crippen molar-refractivity contribution in [2.24, 2.45) is 17.3 Å². The van der Waals surface area contributed by atoms with Crippen molar-refractivity contribution >= 4 is 7.32 Å². The minimum Gasteiger partial charge on any atom is -0.512 e. The number of rotatable bonds is 2. The molecular formula is C18H25BO3. The third-order valence-electron chi connectivity index (χ3n) is 6.72. The lowest BCUT2D eigenvalue weighted by Crippen LogP contribution is -2.39. The van der Waals surface area contributed by atoms with Gasteiger partial charge in [0.25, 0.3) is 0 Å². The Kier molecular flexibility index (Phi) is 3.50. The summed E-state index contributed by atoms with van der Waals surface area (Å²) in [6, 6.07) is 6.07. The van der Waals surface area contributed by atoms with Crippen LogP contribution in [0.3, 0.4) is 0 Å². The molecular weight excluding hydrogens is 275 g/mol. The fourth-order valence-electron chi connectivity index (χ4n) is 5.75. The maximum atomic E-state index is 8.96. The van der Waals surface area contributed by atoms with E-state index in [1.165, 1.54) is 49.7 Å². The molecule has 0 saturated heterocycles. The Balaban J connectivity index is 1.62. The van der Waals surface area contributed by atoms with Gasteiger partial charge in [0.15, 0.2) is 0 Å². The summed E-state index contributed by atoms with van der Waals surface area (Å²) in [6.45, 7) is 2.52. The van der Waals surface area contributed by atoms with Crippen molar-refractivity contribution in [2.45, 2.75) is 57.8 Å². The van der Waals surface area contributed by atoms with Gasteiger partial charge in [-0.15, -0.1) is 0 Å². The first-order valence-corrected chi connectivity index (χ1v) is 8.72. The molecule has 2 saturated carbocycles. The lowest BCUT2D eigenvalue weighted by atomic mass is 9.56. The lowest BCUT2D eigenvalue weighted by Gasteiger charge is -2.49. The maximum Gasteiger partial charge on any atom is 0.707 e. The Bertz CT molecular complexity index is 573. The van der Waals surface area contributed by atoms with Gasteiger partial charge in [0.1, 0.15) is 5.75 Å². The Morgan fingerprint density at radius 3 is 2.86 bits per heavy atom. The SMILES string of the molecule is C[C@@]12CCC[C@H]1[C@@H]1CCc3cc(OB(O)O)ccc3[C@H]1CC2. The Morgan fingerprint density at radius 2 is 2.05 bits per heavy atom. The van der Waals surface area contributed by atoms with Gasteiger partial charge in [0.05, 0.1) is 0 Å². The van der Waals surface area contributed by atoms with E-state index in [9.17, 15) is 0 Å². The first kappa shape index (κ1) is 14.6. The van der Waals surface area contributed by atoms with Crippen molar-refractivity contribution in [1.82, 2.24) is 0 Å². The summed E-state index contributed by atoms with van der Waals surface area (Å²) in [5.74, 6) is 3.03. The van der Waals surface area contributed by atoms with Crippen molar-refractivity contribution < 1.29 is 14.7 Å². The van der Waals surface area contributed by atoms with Gasteiger partial charge in [0.2, 0.25) is 0 Å². The van der Waals surface area contributed by atoms with Gasteiger partial charge in [-0.05, 0) is 85.0 Å². The monoisotopic (exact) mass is 300 g/mol. The molecule has 0 unspecified atom stereocenters. The van der Waals surface area contributed by atoms with Crippen molar-refractivity contribution in [3.05, 3.63) is 29.3 Å². The Labute approximate surface area is 132 Å². The normalized spacial score (nSPS) is 36.2. The predicted octanol–water partition coefficient (Wildman–Crippen LogP) is 3.28. The summed E-state index contributed by atoms with van der Waals surface area (Å²) in [6.07, 6.45) is 9.32. The van der Waals surface area contributed by atoms with Crippen LogP contribution < -0.4 is 4.65 Å². The zero-order valence-corrected chi connectivity index (χ0v) is 13.3. The van der Waals surface area contributed by atoms with Crippen LogP contribution in [0.5, 0.6) is 5.75 Å². The molecule has 118 valence electrons. The van der Waals surface area contributed by atoms with Crippen LogP contribution in [0.4, 0.5) is 0 Å². The molecule has 0 aromatic heterocycles. The molecule has 3 aliphatic carbocycles. The standard InChI is InChI=1S/C18H25BO3/c1-18-9-2-3-17(18)16-6-4-12-11-13(22-19(20)21)5-7-14(12)15(16)8-10-18/h5,7,11,15-17,20-21H,2-4,6,8-10H2,1H3/t15-,16-,17+,18+/m1/s1. The molecule has 3 nitrogen and oxygen atoms in total. The summed E-state index contributed by atoms with van der Waals surface area (Å²) >= 11 is 0. The van der Waals surface area contributed by atoms with Crippen molar-refractivity contribution in [3.8, 4) is 5.75 Å². The van der Waals surface area contributed by atoms with Gasteiger partial charge in [-0.2, -0.15) is 0 Å². The summed E-state index contributed by atoms with van der Waals surface area (Å²) in [5, 5.41) is 17.9. The van der Waals surface area contributed by atoms with Gasteiger partial charge in [-0.1, -0.05) is 19.4 Å². The van der Waals surface area contributed by atoms with Crippen LogP contribution >= 0.6 is 0 Å². The molecule has 1 aromatic rings. The predicted molar refractivity (Wildman–Crippen MR) is 86.5 cm³/mol. The van der Waals surface area contributed by atoms with Crippen LogP contribution in [-0.2, 0) is 6.42 Å². The van der Waals surface area contributed by atoms with Crippen LogP contribution in [-0.4, -0.2) is 17.4 Å². The third-order valence-corrected chi connectivity index (χ3v) is 6.72. The van der Waals surface area contributed by atoms with E-state index in [0.717, 1.165) is 18.3 Å². The molecule has 0 amide bonds. The zero-order valence-electron chi connectivity index (χ0n) is 13.3. The molecule has 22 heavy (non-hydrogen) atoms. The Morgan fingerprint density at radius 1 is 1.18 bits per heavy atom. The summed E-state index contributed by atoms with van der Waals surface area (Å²) < 4.78 is 5.01. The van der Waals surface area contributed by atoms with E-state index in [-0.39, 0.29) is 0 Å². The van der Waals surface area contributed by atoms with Crippen molar-refractivity contribution in [3.63, 3.8) is 0 Å². The quantitative estimate of drug-likeness (QED) is 0.824. The number of benzene rings is 1. The fourth-order valence-corrected chi connectivity index (χ4v) is 5.75. The van der Waals surface area contributed by atoms with Crippen LogP contribution in [0.2, 0.25) is 0 Å². The molecule has 3 aliphatic rings. The highest BCUT2D eigenvalue weighted by atomic mass is 16.6. The smallest absolute Gasteiger partial charge is 0.512 e. The molecule has 0 bridgehead atoms. The van der Waals surface area contributed by atoms with Gasteiger partial charge in [0, 0.05) is 0 Å². The van der Waals surface area contributed by atoms with E-state index in [1.54, 1.807) is 0 Å². The highest BCUT2D eigenvalue weighted by Gasteiger charge is 2.50. The highest BCUT2D eigenvalue weighted by Crippen LogP contribution is 2.60. The van der Waals surface area contributed by atoms with Gasteiger partial charge in [-0.3, -0.25) is 0 Å². The van der Waals surface area contributed by atoms with Crippen LogP contribution in [0.1, 0.15) is 62.5 Å². The minimum atomic E-state index is -1.73. The van der Waals surface area contributed by atoms with Gasteiger partial charge in [-0.25, -0.2) is 0 Å². The Hall–Kier alpha value is -0.995. The number of hydrogen-bond acceptors (Lipinski definition) is 3. The van der Waals surface area contributed by atoms with Crippen LogP contribution in [0.25, 0.3) is 0 Å². The molecule has 0 aliphatic heterocycles. The second-order valence-corrected chi connectivity index (χ2v) is 7.81. The molecule has 4 atom stereocenters. The highest BCUT2D eigenvalue weighted by molar-refractivity contribution is 6.33. The number of fused-ring (bicyclic) bond motifs is 5. The molecule has 2 N–H and O–H groups in total. The zero-order chi connectivity index (χ0) is 15.3. The largest absolute Gasteiger partial charge is 0.707 e.